The molecule has 0 atom stereocenters. The lowest BCUT2D eigenvalue weighted by Crippen LogP contribution is -2.32. The Morgan fingerprint density at radius 1 is 1.45 bits per heavy atom. The zero-order valence-corrected chi connectivity index (χ0v) is 14.0. The molecule has 0 fully saturated rings. The third kappa shape index (κ3) is 5.51. The van der Waals surface area contributed by atoms with Crippen LogP contribution in [0.15, 0.2) is 33.9 Å². The number of amidine groups is 1. The predicted octanol–water partition coefficient (Wildman–Crippen LogP) is 3.43. The smallest absolute Gasteiger partial charge is 0.144 e. The Balaban J connectivity index is 2.39. The SMILES string of the molecule is CN(CCCC(C)(C)C(N)=NO)Cc1cccc(Br)c1. The van der Waals surface area contributed by atoms with E-state index in [1.54, 1.807) is 0 Å². The van der Waals surface area contributed by atoms with E-state index in [0.29, 0.717) is 5.84 Å². The summed E-state index contributed by atoms with van der Waals surface area (Å²) in [6, 6.07) is 8.34. The van der Waals surface area contributed by atoms with Crippen molar-refractivity contribution in [2.75, 3.05) is 13.6 Å². The summed E-state index contributed by atoms with van der Waals surface area (Å²) < 4.78 is 1.11. The summed E-state index contributed by atoms with van der Waals surface area (Å²) in [7, 11) is 2.11. The van der Waals surface area contributed by atoms with Crippen molar-refractivity contribution < 1.29 is 5.21 Å². The molecule has 0 amide bonds. The molecule has 1 aromatic carbocycles. The number of hydrogen-bond acceptors (Lipinski definition) is 3. The molecule has 0 aliphatic rings. The van der Waals surface area contributed by atoms with Gasteiger partial charge in [-0.05, 0) is 44.1 Å². The van der Waals surface area contributed by atoms with Crippen LogP contribution in [-0.4, -0.2) is 29.5 Å². The average Bonchev–Trinajstić information content (AvgIpc) is 2.37. The van der Waals surface area contributed by atoms with Gasteiger partial charge in [-0.2, -0.15) is 0 Å². The van der Waals surface area contributed by atoms with Crippen LogP contribution in [-0.2, 0) is 6.54 Å². The zero-order valence-electron chi connectivity index (χ0n) is 12.4. The zero-order chi connectivity index (χ0) is 15.2. The Labute approximate surface area is 129 Å². The molecule has 0 bridgehead atoms. The maximum absolute atomic E-state index is 8.75. The molecule has 0 unspecified atom stereocenters. The van der Waals surface area contributed by atoms with Gasteiger partial charge in [-0.25, -0.2) is 0 Å². The Hall–Kier alpha value is -1.07. The first kappa shape index (κ1) is 17.0. The van der Waals surface area contributed by atoms with Gasteiger partial charge in [-0.15, -0.1) is 0 Å². The van der Waals surface area contributed by atoms with Gasteiger partial charge in [0, 0.05) is 16.4 Å². The molecule has 20 heavy (non-hydrogen) atoms. The average molecular weight is 342 g/mol. The van der Waals surface area contributed by atoms with Crippen molar-refractivity contribution in [1.82, 2.24) is 4.90 Å². The third-order valence-corrected chi connectivity index (χ3v) is 3.98. The quantitative estimate of drug-likeness (QED) is 0.345. The van der Waals surface area contributed by atoms with Crippen molar-refractivity contribution in [1.29, 1.82) is 0 Å². The molecule has 4 nitrogen and oxygen atoms in total. The molecule has 0 saturated heterocycles. The number of nitrogens with zero attached hydrogens (tertiary/aromatic N) is 2. The van der Waals surface area contributed by atoms with Crippen LogP contribution < -0.4 is 5.73 Å². The molecule has 0 heterocycles. The molecule has 1 aromatic rings. The lowest BCUT2D eigenvalue weighted by Gasteiger charge is -2.24. The Kier molecular flexibility index (Phi) is 6.49. The maximum atomic E-state index is 8.75. The normalized spacial score (nSPS) is 12.9. The van der Waals surface area contributed by atoms with E-state index in [4.69, 9.17) is 10.9 Å². The minimum absolute atomic E-state index is 0.259. The third-order valence-electron chi connectivity index (χ3n) is 3.48. The summed E-state index contributed by atoms with van der Waals surface area (Å²) in [6.07, 6.45) is 1.90. The largest absolute Gasteiger partial charge is 0.409 e. The molecular formula is C15H24BrN3O. The molecule has 112 valence electrons. The lowest BCUT2D eigenvalue weighted by atomic mass is 9.86. The first-order valence-electron chi connectivity index (χ1n) is 6.76. The van der Waals surface area contributed by atoms with E-state index >= 15 is 0 Å². The Bertz CT molecular complexity index is 460. The highest BCUT2D eigenvalue weighted by atomic mass is 79.9. The molecule has 0 aliphatic carbocycles. The fourth-order valence-electron chi connectivity index (χ4n) is 2.08. The van der Waals surface area contributed by atoms with E-state index in [2.05, 4.69) is 51.2 Å². The van der Waals surface area contributed by atoms with Crippen LogP contribution in [0.1, 0.15) is 32.3 Å². The second kappa shape index (κ2) is 7.64. The lowest BCUT2D eigenvalue weighted by molar-refractivity contribution is 0.287. The summed E-state index contributed by atoms with van der Waals surface area (Å²) in [5.74, 6) is 0.298. The monoisotopic (exact) mass is 341 g/mol. The van der Waals surface area contributed by atoms with Crippen LogP contribution in [0.2, 0.25) is 0 Å². The number of halogens is 1. The first-order valence-corrected chi connectivity index (χ1v) is 7.55. The van der Waals surface area contributed by atoms with E-state index in [1.807, 2.05) is 19.9 Å². The predicted molar refractivity (Wildman–Crippen MR) is 86.9 cm³/mol. The van der Waals surface area contributed by atoms with Gasteiger partial charge < -0.3 is 15.8 Å². The van der Waals surface area contributed by atoms with Crippen molar-refractivity contribution in [2.24, 2.45) is 16.3 Å². The maximum Gasteiger partial charge on any atom is 0.144 e. The molecule has 0 spiro atoms. The van der Waals surface area contributed by atoms with E-state index in [-0.39, 0.29) is 5.41 Å². The van der Waals surface area contributed by atoms with Crippen molar-refractivity contribution in [2.45, 2.75) is 33.2 Å². The highest BCUT2D eigenvalue weighted by Crippen LogP contribution is 2.22. The first-order chi connectivity index (χ1) is 9.35. The number of rotatable bonds is 7. The van der Waals surface area contributed by atoms with Crippen molar-refractivity contribution in [3.05, 3.63) is 34.3 Å². The van der Waals surface area contributed by atoms with E-state index in [1.165, 1.54) is 5.56 Å². The van der Waals surface area contributed by atoms with Gasteiger partial charge in [0.25, 0.3) is 0 Å². The Morgan fingerprint density at radius 2 is 2.15 bits per heavy atom. The summed E-state index contributed by atoms with van der Waals surface area (Å²) in [5, 5.41) is 11.9. The van der Waals surface area contributed by atoms with Crippen LogP contribution in [0, 0.1) is 5.41 Å². The molecule has 5 heteroatoms. The molecule has 0 radical (unpaired) electrons. The van der Waals surface area contributed by atoms with Crippen LogP contribution in [0.3, 0.4) is 0 Å². The fourth-order valence-corrected chi connectivity index (χ4v) is 2.53. The number of nitrogens with two attached hydrogens (primary N) is 1. The van der Waals surface area contributed by atoms with E-state index in [9.17, 15) is 0 Å². The van der Waals surface area contributed by atoms with Gasteiger partial charge in [0.2, 0.25) is 0 Å². The summed E-state index contributed by atoms with van der Waals surface area (Å²) in [6.45, 7) is 5.89. The number of benzene rings is 1. The second-order valence-electron chi connectivity index (χ2n) is 5.84. The molecule has 0 saturated carbocycles. The molecule has 1 rings (SSSR count). The van der Waals surface area contributed by atoms with Crippen LogP contribution in [0.5, 0.6) is 0 Å². The van der Waals surface area contributed by atoms with Crippen molar-refractivity contribution >= 4 is 21.8 Å². The minimum Gasteiger partial charge on any atom is -0.409 e. The number of hydrogen-bond donors (Lipinski definition) is 2. The summed E-state index contributed by atoms with van der Waals surface area (Å²) in [4.78, 5) is 2.28. The van der Waals surface area contributed by atoms with Crippen LogP contribution in [0.25, 0.3) is 0 Å². The van der Waals surface area contributed by atoms with Crippen molar-refractivity contribution in [3.8, 4) is 0 Å². The fraction of sp³-hybridized carbons (Fsp3) is 0.533. The number of oxime groups is 1. The van der Waals surface area contributed by atoms with E-state index in [0.717, 1.165) is 30.4 Å². The van der Waals surface area contributed by atoms with Gasteiger partial charge in [0.15, 0.2) is 0 Å². The molecule has 0 aliphatic heterocycles. The molecule has 3 N–H and O–H groups in total. The van der Waals surface area contributed by atoms with Gasteiger partial charge in [0.05, 0.1) is 0 Å². The topological polar surface area (TPSA) is 61.8 Å². The molecular weight excluding hydrogens is 318 g/mol. The minimum atomic E-state index is -0.259. The highest BCUT2D eigenvalue weighted by Gasteiger charge is 2.23. The van der Waals surface area contributed by atoms with Gasteiger partial charge in [0.1, 0.15) is 5.84 Å². The summed E-state index contributed by atoms with van der Waals surface area (Å²) >= 11 is 3.49. The van der Waals surface area contributed by atoms with E-state index < -0.39 is 0 Å². The van der Waals surface area contributed by atoms with Crippen LogP contribution in [0.4, 0.5) is 0 Å². The van der Waals surface area contributed by atoms with Gasteiger partial charge in [-0.1, -0.05) is 47.1 Å². The second-order valence-corrected chi connectivity index (χ2v) is 6.76. The van der Waals surface area contributed by atoms with Gasteiger partial charge >= 0.3 is 0 Å². The van der Waals surface area contributed by atoms with Gasteiger partial charge in [-0.3, -0.25) is 0 Å². The Morgan fingerprint density at radius 3 is 2.75 bits per heavy atom. The van der Waals surface area contributed by atoms with Crippen LogP contribution >= 0.6 is 15.9 Å². The standard InChI is InChI=1S/C15H24BrN3O/c1-15(2,14(17)18-20)8-5-9-19(3)11-12-6-4-7-13(16)10-12/h4,6-7,10,20H,5,8-9,11H2,1-3H3,(H2,17,18). The highest BCUT2D eigenvalue weighted by molar-refractivity contribution is 9.10. The summed E-state index contributed by atoms with van der Waals surface area (Å²) in [5.41, 5.74) is 6.72. The van der Waals surface area contributed by atoms with Crippen molar-refractivity contribution in [3.63, 3.8) is 0 Å². The molecule has 0 aromatic heterocycles.